The molecule has 0 aromatic carbocycles. The minimum Gasteiger partial charge on any atom is -0.381 e. The van der Waals surface area contributed by atoms with Crippen LogP contribution in [0.1, 0.15) is 31.1 Å². The first-order valence-corrected chi connectivity index (χ1v) is 7.12. The number of thiophene rings is 1. The number of nitrogens with one attached hydrogen (secondary N) is 1. The molecule has 1 heterocycles. The Bertz CT molecular complexity index is 236. The Balaban J connectivity index is 1.78. The Morgan fingerprint density at radius 1 is 1.25 bits per heavy atom. The van der Waals surface area contributed by atoms with Crippen LogP contribution >= 0.6 is 11.3 Å². The number of ether oxygens (including phenoxy) is 1. The molecule has 0 unspecified atom stereocenters. The van der Waals surface area contributed by atoms with Gasteiger partial charge in [0.05, 0.1) is 0 Å². The zero-order valence-corrected chi connectivity index (χ0v) is 11.0. The highest BCUT2D eigenvalue weighted by Crippen LogP contribution is 2.07. The summed E-state index contributed by atoms with van der Waals surface area (Å²) in [5.74, 6) is 0. The van der Waals surface area contributed by atoms with Crippen LogP contribution in [0.5, 0.6) is 0 Å². The maximum absolute atomic E-state index is 5.49. The molecule has 1 N–H and O–H groups in total. The van der Waals surface area contributed by atoms with Gasteiger partial charge in [-0.1, -0.05) is 19.4 Å². The van der Waals surface area contributed by atoms with Crippen LogP contribution < -0.4 is 5.32 Å². The highest BCUT2D eigenvalue weighted by atomic mass is 32.1. The molecule has 16 heavy (non-hydrogen) atoms. The van der Waals surface area contributed by atoms with Gasteiger partial charge in [-0.3, -0.25) is 0 Å². The van der Waals surface area contributed by atoms with Gasteiger partial charge in [-0.05, 0) is 43.8 Å². The van der Waals surface area contributed by atoms with Crippen LogP contribution in [0.25, 0.3) is 0 Å². The van der Waals surface area contributed by atoms with Gasteiger partial charge in [0.2, 0.25) is 0 Å². The molecule has 92 valence electrons. The van der Waals surface area contributed by atoms with Gasteiger partial charge in [-0.25, -0.2) is 0 Å². The summed E-state index contributed by atoms with van der Waals surface area (Å²) in [6, 6.07) is 4.31. The first kappa shape index (κ1) is 13.7. The lowest BCUT2D eigenvalue weighted by molar-refractivity contribution is 0.129. The summed E-state index contributed by atoms with van der Waals surface area (Å²) in [6.07, 6.45) is 4.67. The molecule has 0 amide bonds. The van der Waals surface area contributed by atoms with E-state index < -0.39 is 0 Å². The summed E-state index contributed by atoms with van der Waals surface area (Å²) in [5.41, 5.74) is 0. The predicted molar refractivity (Wildman–Crippen MR) is 71.2 cm³/mol. The Kier molecular flexibility index (Phi) is 8.40. The number of unbranched alkanes of at least 4 members (excludes halogenated alkanes) is 1. The summed E-state index contributed by atoms with van der Waals surface area (Å²) in [7, 11) is 0. The molecule has 0 aliphatic rings. The van der Waals surface area contributed by atoms with E-state index in [1.807, 2.05) is 11.3 Å². The van der Waals surface area contributed by atoms with Gasteiger partial charge >= 0.3 is 0 Å². The van der Waals surface area contributed by atoms with Crippen molar-refractivity contribution < 1.29 is 4.74 Å². The molecule has 1 aromatic heterocycles. The molecule has 0 spiro atoms. The maximum atomic E-state index is 5.49. The molecular weight excluding hydrogens is 218 g/mol. The second-order valence-corrected chi connectivity index (χ2v) is 4.93. The van der Waals surface area contributed by atoms with Gasteiger partial charge in [0.15, 0.2) is 0 Å². The molecule has 0 saturated carbocycles. The summed E-state index contributed by atoms with van der Waals surface area (Å²) in [4.78, 5) is 1.46. The smallest absolute Gasteiger partial charge is 0.0478 e. The third kappa shape index (κ3) is 6.99. The van der Waals surface area contributed by atoms with Crippen LogP contribution in [0.2, 0.25) is 0 Å². The molecule has 0 fully saturated rings. The molecule has 0 radical (unpaired) electrons. The predicted octanol–water partition coefficient (Wildman–Crippen LogP) is 3.09. The minimum atomic E-state index is 0.895. The lowest BCUT2D eigenvalue weighted by Gasteiger charge is -2.04. The quantitative estimate of drug-likeness (QED) is 0.636. The summed E-state index contributed by atoms with van der Waals surface area (Å²) >= 11 is 1.84. The van der Waals surface area contributed by atoms with Gasteiger partial charge in [-0.15, -0.1) is 11.3 Å². The van der Waals surface area contributed by atoms with Gasteiger partial charge in [-0.2, -0.15) is 0 Å². The van der Waals surface area contributed by atoms with E-state index in [2.05, 4.69) is 29.8 Å². The molecule has 2 nitrogen and oxygen atoms in total. The fourth-order valence-corrected chi connectivity index (χ4v) is 2.15. The first-order chi connectivity index (χ1) is 7.93. The summed E-state index contributed by atoms with van der Waals surface area (Å²) in [5, 5.41) is 5.58. The van der Waals surface area contributed by atoms with Gasteiger partial charge in [0.1, 0.15) is 0 Å². The van der Waals surface area contributed by atoms with E-state index in [4.69, 9.17) is 4.74 Å². The molecule has 3 heteroatoms. The van der Waals surface area contributed by atoms with Crippen molar-refractivity contribution in [3.05, 3.63) is 22.4 Å². The molecule has 1 aromatic rings. The molecule has 0 aliphatic carbocycles. The van der Waals surface area contributed by atoms with E-state index in [-0.39, 0.29) is 0 Å². The normalized spacial score (nSPS) is 10.8. The molecule has 1 rings (SSSR count). The average molecular weight is 241 g/mol. The van der Waals surface area contributed by atoms with Gasteiger partial charge in [0.25, 0.3) is 0 Å². The SMILES string of the molecule is CCCCOCCCNCCc1cccs1. The number of hydrogen-bond donors (Lipinski definition) is 1. The topological polar surface area (TPSA) is 21.3 Å². The number of hydrogen-bond acceptors (Lipinski definition) is 3. The highest BCUT2D eigenvalue weighted by Gasteiger charge is 1.93. The van der Waals surface area contributed by atoms with E-state index in [0.29, 0.717) is 0 Å². The second-order valence-electron chi connectivity index (χ2n) is 3.90. The standard InChI is InChI=1S/C13H23NOS/c1-2-3-10-15-11-5-8-14-9-7-13-6-4-12-16-13/h4,6,12,14H,2-3,5,7-11H2,1H3. The van der Waals surface area contributed by atoms with E-state index in [1.54, 1.807) is 0 Å². The van der Waals surface area contributed by atoms with Crippen molar-refractivity contribution in [1.29, 1.82) is 0 Å². The van der Waals surface area contributed by atoms with Crippen molar-refractivity contribution in [2.45, 2.75) is 32.6 Å². The summed E-state index contributed by atoms with van der Waals surface area (Å²) in [6.45, 7) is 6.15. The zero-order chi connectivity index (χ0) is 11.5. The molecule has 0 saturated heterocycles. The van der Waals surface area contributed by atoms with Crippen LogP contribution in [0.4, 0.5) is 0 Å². The highest BCUT2D eigenvalue weighted by molar-refractivity contribution is 7.09. The van der Waals surface area contributed by atoms with Crippen LogP contribution in [-0.2, 0) is 11.2 Å². The van der Waals surface area contributed by atoms with Crippen LogP contribution in [0, 0.1) is 0 Å². The Labute approximate surface area is 103 Å². The second kappa shape index (κ2) is 9.82. The Morgan fingerprint density at radius 3 is 2.88 bits per heavy atom. The minimum absolute atomic E-state index is 0.895. The maximum Gasteiger partial charge on any atom is 0.0478 e. The molecule has 0 aliphatic heterocycles. The van der Waals surface area contributed by atoms with E-state index >= 15 is 0 Å². The van der Waals surface area contributed by atoms with Crippen molar-refractivity contribution in [2.24, 2.45) is 0 Å². The van der Waals surface area contributed by atoms with Crippen molar-refractivity contribution in [3.63, 3.8) is 0 Å². The first-order valence-electron chi connectivity index (χ1n) is 6.24. The van der Waals surface area contributed by atoms with E-state index in [1.165, 1.54) is 17.7 Å². The lowest BCUT2D eigenvalue weighted by atomic mass is 10.3. The Hall–Kier alpha value is -0.380. The monoisotopic (exact) mass is 241 g/mol. The van der Waals surface area contributed by atoms with Crippen molar-refractivity contribution in [1.82, 2.24) is 5.32 Å². The van der Waals surface area contributed by atoms with E-state index in [0.717, 1.165) is 39.1 Å². The third-order valence-corrected chi connectivity index (χ3v) is 3.35. The molecule has 0 bridgehead atoms. The zero-order valence-electron chi connectivity index (χ0n) is 10.2. The van der Waals surface area contributed by atoms with E-state index in [9.17, 15) is 0 Å². The molecular formula is C13H23NOS. The molecule has 0 atom stereocenters. The third-order valence-electron chi connectivity index (χ3n) is 2.41. The largest absolute Gasteiger partial charge is 0.381 e. The van der Waals surface area contributed by atoms with Crippen LogP contribution in [-0.4, -0.2) is 26.3 Å². The average Bonchev–Trinajstić information content (AvgIpc) is 2.80. The lowest BCUT2D eigenvalue weighted by Crippen LogP contribution is -2.19. The van der Waals surface area contributed by atoms with Crippen LogP contribution in [0.15, 0.2) is 17.5 Å². The van der Waals surface area contributed by atoms with Gasteiger partial charge in [0, 0.05) is 18.1 Å². The van der Waals surface area contributed by atoms with Crippen molar-refractivity contribution in [2.75, 3.05) is 26.3 Å². The fraction of sp³-hybridized carbons (Fsp3) is 0.692. The Morgan fingerprint density at radius 2 is 2.12 bits per heavy atom. The summed E-state index contributed by atoms with van der Waals surface area (Å²) < 4.78 is 5.49. The van der Waals surface area contributed by atoms with Crippen molar-refractivity contribution in [3.8, 4) is 0 Å². The van der Waals surface area contributed by atoms with Crippen molar-refractivity contribution >= 4 is 11.3 Å². The number of rotatable bonds is 10. The van der Waals surface area contributed by atoms with Crippen LogP contribution in [0.3, 0.4) is 0 Å². The fourth-order valence-electron chi connectivity index (χ4n) is 1.44. The van der Waals surface area contributed by atoms with Gasteiger partial charge < -0.3 is 10.1 Å².